The quantitative estimate of drug-likeness (QED) is 0.449. The fraction of sp³-hybridized carbons (Fsp3) is 0.400. The Morgan fingerprint density at radius 1 is 1.47 bits per heavy atom. The summed E-state index contributed by atoms with van der Waals surface area (Å²) in [6.45, 7) is 0.215. The van der Waals surface area contributed by atoms with Crippen molar-refractivity contribution < 1.29 is 20.1 Å². The van der Waals surface area contributed by atoms with E-state index in [1.807, 2.05) is 0 Å². The number of carboxylic acids is 1. The molecule has 0 aliphatic rings. The first-order valence-electron chi connectivity index (χ1n) is 5.02. The van der Waals surface area contributed by atoms with E-state index < -0.39 is 18.2 Å². The van der Waals surface area contributed by atoms with Crippen LogP contribution in [0.5, 0.6) is 0 Å². The summed E-state index contributed by atoms with van der Waals surface area (Å²) in [5, 5.41) is 28.1. The van der Waals surface area contributed by atoms with Crippen molar-refractivity contribution in [1.82, 2.24) is 4.98 Å². The van der Waals surface area contributed by atoms with E-state index in [0.717, 1.165) is 0 Å². The van der Waals surface area contributed by atoms with Crippen molar-refractivity contribution in [3.05, 3.63) is 23.4 Å². The number of hydrogen-bond acceptors (Lipinski definition) is 6. The number of aliphatic hydroxyl groups is 2. The van der Waals surface area contributed by atoms with Gasteiger partial charge in [-0.1, -0.05) is 0 Å². The molecule has 1 rings (SSSR count). The molecule has 0 spiro atoms. The van der Waals surface area contributed by atoms with Crippen LogP contribution in [-0.4, -0.2) is 38.9 Å². The third-order valence-corrected chi connectivity index (χ3v) is 2.34. The van der Waals surface area contributed by atoms with Crippen molar-refractivity contribution in [2.75, 3.05) is 12.3 Å². The highest BCUT2D eigenvalue weighted by atomic mass is 16.4. The first kappa shape index (κ1) is 13.4. The van der Waals surface area contributed by atoms with Gasteiger partial charge < -0.3 is 26.8 Å². The molecule has 94 valence electrons. The van der Waals surface area contributed by atoms with Crippen molar-refractivity contribution in [3.63, 3.8) is 0 Å². The van der Waals surface area contributed by atoms with Gasteiger partial charge in [-0.2, -0.15) is 0 Å². The number of anilines is 1. The van der Waals surface area contributed by atoms with Gasteiger partial charge >= 0.3 is 5.97 Å². The lowest BCUT2D eigenvalue weighted by Gasteiger charge is -2.17. The average Bonchev–Trinajstić information content (AvgIpc) is 2.28. The Labute approximate surface area is 97.7 Å². The molecule has 0 aliphatic heterocycles. The van der Waals surface area contributed by atoms with E-state index >= 15 is 0 Å². The summed E-state index contributed by atoms with van der Waals surface area (Å²) >= 11 is 0. The normalized spacial score (nSPS) is 14.3. The van der Waals surface area contributed by atoms with Crippen LogP contribution < -0.4 is 11.5 Å². The summed E-state index contributed by atoms with van der Waals surface area (Å²) in [6, 6.07) is 1.19. The van der Waals surface area contributed by atoms with Crippen molar-refractivity contribution in [2.24, 2.45) is 5.73 Å². The Bertz CT molecular complexity index is 411. The van der Waals surface area contributed by atoms with Crippen molar-refractivity contribution in [2.45, 2.75) is 18.6 Å². The van der Waals surface area contributed by atoms with Gasteiger partial charge in [-0.05, 0) is 19.0 Å². The Hall–Kier alpha value is -1.70. The fourth-order valence-electron chi connectivity index (χ4n) is 1.38. The molecule has 7 nitrogen and oxygen atoms in total. The Morgan fingerprint density at radius 2 is 2.12 bits per heavy atom. The number of nitrogens with zero attached hydrogens (tertiary/aromatic N) is 1. The molecule has 1 aromatic rings. The van der Waals surface area contributed by atoms with Gasteiger partial charge in [-0.25, -0.2) is 9.78 Å². The molecule has 0 aromatic carbocycles. The number of aromatic carboxylic acids is 1. The highest BCUT2D eigenvalue weighted by molar-refractivity contribution is 5.92. The number of nitrogens with two attached hydrogens (primary N) is 2. The van der Waals surface area contributed by atoms with Crippen LogP contribution in [0.1, 0.15) is 28.4 Å². The molecular formula is C10H15N3O4. The van der Waals surface area contributed by atoms with E-state index in [9.17, 15) is 15.0 Å². The number of carboxylic acid groups (broad SMARTS) is 1. The van der Waals surface area contributed by atoms with Gasteiger partial charge in [-0.3, -0.25) is 0 Å². The number of aromatic nitrogens is 1. The highest BCUT2D eigenvalue weighted by Crippen LogP contribution is 2.21. The lowest BCUT2D eigenvalue weighted by atomic mass is 10.0. The topological polar surface area (TPSA) is 143 Å². The largest absolute Gasteiger partial charge is 0.478 e. The molecule has 0 fully saturated rings. The molecular weight excluding hydrogens is 226 g/mol. The maximum absolute atomic E-state index is 10.8. The minimum Gasteiger partial charge on any atom is -0.478 e. The zero-order chi connectivity index (χ0) is 13.0. The molecule has 0 amide bonds. The van der Waals surface area contributed by atoms with E-state index in [2.05, 4.69) is 4.98 Å². The van der Waals surface area contributed by atoms with Crippen LogP contribution in [0, 0.1) is 0 Å². The van der Waals surface area contributed by atoms with Crippen LogP contribution in [0.25, 0.3) is 0 Å². The lowest BCUT2D eigenvalue weighted by molar-refractivity contribution is 0.0147. The van der Waals surface area contributed by atoms with E-state index in [0.29, 0.717) is 0 Å². The van der Waals surface area contributed by atoms with Crippen LogP contribution >= 0.6 is 0 Å². The molecule has 2 unspecified atom stereocenters. The van der Waals surface area contributed by atoms with E-state index in [1.165, 1.54) is 12.3 Å². The molecule has 0 saturated heterocycles. The molecule has 0 saturated carbocycles. The second-order valence-electron chi connectivity index (χ2n) is 3.60. The molecule has 17 heavy (non-hydrogen) atoms. The van der Waals surface area contributed by atoms with Crippen LogP contribution in [-0.2, 0) is 0 Å². The number of carbonyl (C=O) groups is 1. The van der Waals surface area contributed by atoms with Crippen molar-refractivity contribution in [1.29, 1.82) is 0 Å². The van der Waals surface area contributed by atoms with Gasteiger partial charge in [0.25, 0.3) is 0 Å². The van der Waals surface area contributed by atoms with Gasteiger partial charge in [0.05, 0.1) is 6.10 Å². The first-order chi connectivity index (χ1) is 7.97. The van der Waals surface area contributed by atoms with E-state index in [-0.39, 0.29) is 29.9 Å². The molecule has 0 aliphatic carbocycles. The zero-order valence-electron chi connectivity index (χ0n) is 9.08. The number of pyridine rings is 1. The number of nitrogen functional groups attached to an aromatic ring is 1. The molecule has 0 bridgehead atoms. The van der Waals surface area contributed by atoms with Gasteiger partial charge in [0.15, 0.2) is 0 Å². The molecule has 7 heteroatoms. The van der Waals surface area contributed by atoms with Crippen LogP contribution in [0.15, 0.2) is 12.3 Å². The minimum atomic E-state index is -1.24. The van der Waals surface area contributed by atoms with Crippen molar-refractivity contribution >= 4 is 11.8 Å². The molecule has 7 N–H and O–H groups in total. The standard InChI is InChI=1S/C10H15N3O4/c11-2-1-7(14)8(15)5-3-6(10(16)17)9(12)13-4-5/h3-4,7-8,14-15H,1-2,11H2,(H2,12,13)(H,16,17). The lowest BCUT2D eigenvalue weighted by Crippen LogP contribution is -2.22. The first-order valence-corrected chi connectivity index (χ1v) is 5.02. The molecule has 1 aromatic heterocycles. The summed E-state index contributed by atoms with van der Waals surface area (Å²) in [6.07, 6.45) is -0.864. The van der Waals surface area contributed by atoms with Gasteiger partial charge in [0.1, 0.15) is 17.5 Å². The SMILES string of the molecule is NCCC(O)C(O)c1cnc(N)c(C(=O)O)c1. The Kier molecular flexibility index (Phi) is 4.38. The number of aliphatic hydroxyl groups excluding tert-OH is 2. The van der Waals surface area contributed by atoms with Gasteiger partial charge in [0.2, 0.25) is 0 Å². The molecule has 0 radical (unpaired) electrons. The monoisotopic (exact) mass is 241 g/mol. The summed E-state index contributed by atoms with van der Waals surface area (Å²) in [4.78, 5) is 14.5. The summed E-state index contributed by atoms with van der Waals surface area (Å²) in [5.41, 5.74) is 10.6. The number of rotatable bonds is 5. The number of hydrogen-bond donors (Lipinski definition) is 5. The van der Waals surface area contributed by atoms with Gasteiger partial charge in [0, 0.05) is 11.8 Å². The maximum Gasteiger partial charge on any atom is 0.339 e. The third kappa shape index (κ3) is 3.13. The smallest absolute Gasteiger partial charge is 0.339 e. The fourth-order valence-corrected chi connectivity index (χ4v) is 1.38. The third-order valence-electron chi connectivity index (χ3n) is 2.34. The van der Waals surface area contributed by atoms with E-state index in [4.69, 9.17) is 16.6 Å². The van der Waals surface area contributed by atoms with Crippen LogP contribution in [0.4, 0.5) is 5.82 Å². The summed E-state index contributed by atoms with van der Waals surface area (Å²) < 4.78 is 0. The highest BCUT2D eigenvalue weighted by Gasteiger charge is 2.20. The average molecular weight is 241 g/mol. The Balaban J connectivity index is 2.99. The van der Waals surface area contributed by atoms with Crippen molar-refractivity contribution in [3.8, 4) is 0 Å². The van der Waals surface area contributed by atoms with Gasteiger partial charge in [-0.15, -0.1) is 0 Å². The summed E-state index contributed by atoms with van der Waals surface area (Å²) in [7, 11) is 0. The molecule has 2 atom stereocenters. The summed E-state index contributed by atoms with van der Waals surface area (Å²) in [5.74, 6) is -1.38. The second kappa shape index (κ2) is 5.58. The molecule has 1 heterocycles. The van der Waals surface area contributed by atoms with Crippen LogP contribution in [0.3, 0.4) is 0 Å². The van der Waals surface area contributed by atoms with Crippen LogP contribution in [0.2, 0.25) is 0 Å². The maximum atomic E-state index is 10.8. The van der Waals surface area contributed by atoms with E-state index in [1.54, 1.807) is 0 Å². The zero-order valence-corrected chi connectivity index (χ0v) is 9.08. The Morgan fingerprint density at radius 3 is 2.65 bits per heavy atom. The second-order valence-corrected chi connectivity index (χ2v) is 3.60. The predicted octanol–water partition coefficient (Wildman–Crippen LogP) is -0.895. The predicted molar refractivity (Wildman–Crippen MR) is 60.2 cm³/mol. The minimum absolute atomic E-state index is 0.137.